The number of rotatable bonds is 4. The Bertz CT molecular complexity index is 726. The van der Waals surface area contributed by atoms with Crippen molar-refractivity contribution >= 4 is 38.6 Å². The van der Waals surface area contributed by atoms with Crippen molar-refractivity contribution in [1.29, 1.82) is 0 Å². The Kier molecular flexibility index (Phi) is 6.04. The number of carbonyl (C=O) groups excluding carboxylic acids is 1. The van der Waals surface area contributed by atoms with Gasteiger partial charge in [-0.05, 0) is 58.9 Å². The molecule has 0 aliphatic heterocycles. The van der Waals surface area contributed by atoms with E-state index in [0.717, 1.165) is 11.8 Å². The Morgan fingerprint density at radius 3 is 2.78 bits per heavy atom. The van der Waals surface area contributed by atoms with E-state index in [1.54, 1.807) is 37.4 Å². The SMILES string of the molecule is CSC(=O)N(O)c1c(Br)cccc1COc1ccc(F)cc1C. The fourth-order valence-electron chi connectivity index (χ4n) is 2.02. The Labute approximate surface area is 146 Å². The quantitative estimate of drug-likeness (QED) is 0.570. The van der Waals surface area contributed by atoms with Gasteiger partial charge < -0.3 is 4.74 Å². The van der Waals surface area contributed by atoms with Crippen molar-refractivity contribution in [2.45, 2.75) is 13.5 Å². The molecule has 7 heteroatoms. The summed E-state index contributed by atoms with van der Waals surface area (Å²) in [6.07, 6.45) is 1.58. The van der Waals surface area contributed by atoms with Gasteiger partial charge in [0.15, 0.2) is 0 Å². The molecule has 0 saturated heterocycles. The van der Waals surface area contributed by atoms with Crippen molar-refractivity contribution in [3.8, 4) is 5.75 Å². The monoisotopic (exact) mass is 399 g/mol. The molecule has 2 aromatic carbocycles. The normalized spacial score (nSPS) is 10.5. The first-order valence-electron chi connectivity index (χ1n) is 6.67. The molecule has 0 aromatic heterocycles. The van der Waals surface area contributed by atoms with Gasteiger partial charge in [0.05, 0.1) is 5.69 Å². The summed E-state index contributed by atoms with van der Waals surface area (Å²) in [5.41, 5.74) is 1.61. The summed E-state index contributed by atoms with van der Waals surface area (Å²) in [5, 5.41) is 10.2. The molecule has 2 aromatic rings. The van der Waals surface area contributed by atoms with Crippen LogP contribution in [-0.2, 0) is 6.61 Å². The van der Waals surface area contributed by atoms with Crippen LogP contribution in [0.25, 0.3) is 0 Å². The second-order valence-corrected chi connectivity index (χ2v) is 6.34. The fourth-order valence-corrected chi connectivity index (χ4v) is 2.86. The number of hydrogen-bond donors (Lipinski definition) is 1. The zero-order chi connectivity index (χ0) is 17.0. The molecular weight excluding hydrogens is 385 g/mol. The molecule has 0 fully saturated rings. The largest absolute Gasteiger partial charge is 0.489 e. The van der Waals surface area contributed by atoms with Gasteiger partial charge in [-0.3, -0.25) is 10.0 Å². The average molecular weight is 400 g/mol. The summed E-state index contributed by atoms with van der Waals surface area (Å²) in [7, 11) is 0. The minimum absolute atomic E-state index is 0.125. The van der Waals surface area contributed by atoms with Gasteiger partial charge in [0.2, 0.25) is 0 Å². The van der Waals surface area contributed by atoms with Crippen molar-refractivity contribution in [2.75, 3.05) is 11.3 Å². The van der Waals surface area contributed by atoms with Gasteiger partial charge in [-0.2, -0.15) is 5.06 Å². The van der Waals surface area contributed by atoms with Crippen LogP contribution in [0, 0.1) is 12.7 Å². The predicted octanol–water partition coefficient (Wildman–Crippen LogP) is 5.15. The first-order valence-corrected chi connectivity index (χ1v) is 8.69. The molecule has 0 radical (unpaired) electrons. The van der Waals surface area contributed by atoms with Crippen molar-refractivity contribution in [3.63, 3.8) is 0 Å². The Morgan fingerprint density at radius 2 is 2.13 bits per heavy atom. The van der Waals surface area contributed by atoms with Gasteiger partial charge in [-0.25, -0.2) is 4.39 Å². The summed E-state index contributed by atoms with van der Waals surface area (Å²) >= 11 is 4.22. The van der Waals surface area contributed by atoms with E-state index in [1.807, 2.05) is 0 Å². The third-order valence-corrected chi connectivity index (χ3v) is 4.31. The number of ether oxygens (including phenoxy) is 1. The number of carbonyl (C=O) groups is 1. The number of halogens is 2. The number of nitrogens with zero attached hydrogens (tertiary/aromatic N) is 1. The second kappa shape index (κ2) is 7.81. The second-order valence-electron chi connectivity index (χ2n) is 4.73. The summed E-state index contributed by atoms with van der Waals surface area (Å²) in [6, 6.07) is 9.49. The lowest BCUT2D eigenvalue weighted by Gasteiger charge is -2.19. The minimum atomic E-state index is -0.504. The number of aryl methyl sites for hydroxylation is 1. The van der Waals surface area contributed by atoms with Crippen LogP contribution >= 0.6 is 27.7 Å². The molecule has 0 unspecified atom stereocenters. The first kappa shape index (κ1) is 17.8. The van der Waals surface area contributed by atoms with Crippen molar-refractivity contribution in [2.24, 2.45) is 0 Å². The molecule has 1 N–H and O–H groups in total. The van der Waals surface area contributed by atoms with Crippen LogP contribution in [0.4, 0.5) is 14.9 Å². The lowest BCUT2D eigenvalue weighted by atomic mass is 10.2. The van der Waals surface area contributed by atoms with Gasteiger partial charge >= 0.3 is 5.24 Å². The molecule has 1 amide bonds. The maximum absolute atomic E-state index is 13.1. The highest BCUT2D eigenvalue weighted by molar-refractivity contribution is 9.10. The molecule has 0 aliphatic carbocycles. The maximum Gasteiger partial charge on any atom is 0.309 e. The van der Waals surface area contributed by atoms with Crippen molar-refractivity contribution < 1.29 is 19.1 Å². The number of anilines is 1. The molecule has 0 saturated carbocycles. The van der Waals surface area contributed by atoms with E-state index in [4.69, 9.17) is 4.74 Å². The van der Waals surface area contributed by atoms with Crippen LogP contribution in [0.2, 0.25) is 0 Å². The maximum atomic E-state index is 13.1. The number of hydroxylamine groups is 1. The number of hydrogen-bond acceptors (Lipinski definition) is 4. The molecule has 2 rings (SSSR count). The molecule has 4 nitrogen and oxygen atoms in total. The molecule has 23 heavy (non-hydrogen) atoms. The van der Waals surface area contributed by atoms with Crippen molar-refractivity contribution in [1.82, 2.24) is 0 Å². The molecule has 0 aliphatic rings. The predicted molar refractivity (Wildman–Crippen MR) is 92.8 cm³/mol. The van der Waals surface area contributed by atoms with Crippen LogP contribution in [0.5, 0.6) is 5.75 Å². The summed E-state index contributed by atoms with van der Waals surface area (Å²) < 4.78 is 19.4. The van der Waals surface area contributed by atoms with E-state index < -0.39 is 5.24 Å². The Morgan fingerprint density at radius 1 is 1.39 bits per heavy atom. The van der Waals surface area contributed by atoms with Gasteiger partial charge in [-0.15, -0.1) is 0 Å². The van der Waals surface area contributed by atoms with Crippen molar-refractivity contribution in [3.05, 3.63) is 57.8 Å². The van der Waals surface area contributed by atoms with Crippen LogP contribution < -0.4 is 9.80 Å². The van der Waals surface area contributed by atoms with Crippen LogP contribution in [0.3, 0.4) is 0 Å². The van der Waals surface area contributed by atoms with Gasteiger partial charge in [0.1, 0.15) is 18.2 Å². The molecular formula is C16H15BrFNO3S. The number of amides is 1. The van der Waals surface area contributed by atoms with Gasteiger partial charge in [-0.1, -0.05) is 23.9 Å². The number of benzene rings is 2. The molecule has 0 spiro atoms. The lowest BCUT2D eigenvalue weighted by Crippen LogP contribution is -2.24. The van der Waals surface area contributed by atoms with E-state index in [2.05, 4.69) is 15.9 Å². The average Bonchev–Trinajstić information content (AvgIpc) is 2.52. The Balaban J connectivity index is 2.26. The van der Waals surface area contributed by atoms with Gasteiger partial charge in [0.25, 0.3) is 0 Å². The van der Waals surface area contributed by atoms with E-state index in [0.29, 0.717) is 32.1 Å². The van der Waals surface area contributed by atoms with Crippen LogP contribution in [0.1, 0.15) is 11.1 Å². The fraction of sp³-hybridized carbons (Fsp3) is 0.188. The molecule has 0 bridgehead atoms. The van der Waals surface area contributed by atoms with E-state index in [9.17, 15) is 14.4 Å². The third kappa shape index (κ3) is 4.25. The zero-order valence-electron chi connectivity index (χ0n) is 12.5. The highest BCUT2D eigenvalue weighted by atomic mass is 79.9. The first-order chi connectivity index (χ1) is 10.9. The van der Waals surface area contributed by atoms with E-state index in [1.165, 1.54) is 12.1 Å². The molecule has 122 valence electrons. The highest BCUT2D eigenvalue weighted by Crippen LogP contribution is 2.32. The smallest absolute Gasteiger partial charge is 0.309 e. The topological polar surface area (TPSA) is 49.8 Å². The summed E-state index contributed by atoms with van der Waals surface area (Å²) in [4.78, 5) is 11.7. The minimum Gasteiger partial charge on any atom is -0.489 e. The summed E-state index contributed by atoms with van der Waals surface area (Å²) in [6.45, 7) is 1.87. The number of para-hydroxylation sites is 1. The van der Waals surface area contributed by atoms with Crippen LogP contribution in [0.15, 0.2) is 40.9 Å². The Hall–Kier alpha value is -1.57. The third-order valence-electron chi connectivity index (χ3n) is 3.15. The van der Waals surface area contributed by atoms with Gasteiger partial charge in [0, 0.05) is 10.0 Å². The molecule has 0 atom stereocenters. The highest BCUT2D eigenvalue weighted by Gasteiger charge is 2.19. The van der Waals surface area contributed by atoms with E-state index in [-0.39, 0.29) is 12.4 Å². The number of thioether (sulfide) groups is 1. The standard InChI is InChI=1S/C16H15BrFNO3S/c1-10-8-12(18)6-7-14(10)22-9-11-4-3-5-13(17)15(11)19(21)16(20)23-2/h3-8,21H,9H2,1-2H3. The summed E-state index contributed by atoms with van der Waals surface area (Å²) in [5.74, 6) is 0.211. The zero-order valence-corrected chi connectivity index (χ0v) is 14.9. The molecule has 0 heterocycles. The van der Waals surface area contributed by atoms with E-state index >= 15 is 0 Å². The lowest BCUT2D eigenvalue weighted by molar-refractivity contribution is 0.223. The van der Waals surface area contributed by atoms with Crippen LogP contribution in [-0.4, -0.2) is 16.7 Å².